The second-order valence-corrected chi connectivity index (χ2v) is 5.33. The minimum atomic E-state index is -0.109. The van der Waals surface area contributed by atoms with Gasteiger partial charge in [0.2, 0.25) is 0 Å². The molecule has 0 unspecified atom stereocenters. The molecule has 0 saturated carbocycles. The van der Waals surface area contributed by atoms with Crippen LogP contribution >= 0.6 is 0 Å². The molecule has 2 aliphatic rings. The maximum atomic E-state index is 6.59. The van der Waals surface area contributed by atoms with Crippen molar-refractivity contribution in [3.05, 3.63) is 35.9 Å². The Hall–Kier alpha value is -0.860. The molecule has 2 heteroatoms. The van der Waals surface area contributed by atoms with E-state index in [1.54, 1.807) is 0 Å². The van der Waals surface area contributed by atoms with Gasteiger partial charge in [-0.25, -0.2) is 0 Å². The van der Waals surface area contributed by atoms with Gasteiger partial charge in [0.05, 0.1) is 5.54 Å². The van der Waals surface area contributed by atoms with E-state index in [1.165, 1.54) is 31.4 Å². The van der Waals surface area contributed by atoms with Crippen LogP contribution in [-0.4, -0.2) is 24.0 Å². The molecule has 0 amide bonds. The summed E-state index contributed by atoms with van der Waals surface area (Å²) in [5.74, 6) is 0. The van der Waals surface area contributed by atoms with Crippen LogP contribution in [0.3, 0.4) is 0 Å². The summed E-state index contributed by atoms with van der Waals surface area (Å²) in [4.78, 5) is 2.59. The maximum Gasteiger partial charge on any atom is 0.0539 e. The third kappa shape index (κ3) is 1.66. The van der Waals surface area contributed by atoms with E-state index in [1.807, 2.05) is 0 Å². The molecule has 86 valence electrons. The average molecular weight is 216 g/mol. The highest BCUT2D eigenvalue weighted by Crippen LogP contribution is 2.35. The number of hydrogen-bond acceptors (Lipinski definition) is 2. The molecule has 1 aromatic carbocycles. The highest BCUT2D eigenvalue weighted by atomic mass is 15.2. The number of fused-ring (bicyclic) bond motifs is 1. The molecule has 3 rings (SSSR count). The summed E-state index contributed by atoms with van der Waals surface area (Å²) >= 11 is 0. The Balaban J connectivity index is 1.84. The normalized spacial score (nSPS) is 34.9. The Morgan fingerprint density at radius 3 is 2.81 bits per heavy atom. The van der Waals surface area contributed by atoms with Gasteiger partial charge in [-0.05, 0) is 37.8 Å². The number of piperidine rings is 1. The van der Waals surface area contributed by atoms with Crippen LogP contribution < -0.4 is 5.73 Å². The van der Waals surface area contributed by atoms with Crippen molar-refractivity contribution in [1.82, 2.24) is 4.90 Å². The van der Waals surface area contributed by atoms with Gasteiger partial charge < -0.3 is 5.73 Å². The Labute approximate surface area is 97.4 Å². The van der Waals surface area contributed by atoms with Crippen molar-refractivity contribution < 1.29 is 0 Å². The zero-order valence-corrected chi connectivity index (χ0v) is 9.73. The number of benzene rings is 1. The minimum Gasteiger partial charge on any atom is -0.320 e. The van der Waals surface area contributed by atoms with Crippen molar-refractivity contribution in [1.29, 1.82) is 0 Å². The van der Waals surface area contributed by atoms with Crippen LogP contribution in [-0.2, 0) is 5.54 Å². The zero-order valence-electron chi connectivity index (χ0n) is 9.73. The standard InChI is InChI=1S/C14H20N2/c15-14(12-5-2-1-3-6-12)9-8-13-7-4-10-16(13)11-14/h1-3,5-6,13H,4,7-11,15H2/t13-,14-/m1/s1. The number of nitrogens with two attached hydrogens (primary N) is 1. The molecule has 2 atom stereocenters. The molecule has 0 aliphatic carbocycles. The van der Waals surface area contributed by atoms with Gasteiger partial charge in [-0.1, -0.05) is 30.3 Å². The quantitative estimate of drug-likeness (QED) is 0.779. The van der Waals surface area contributed by atoms with Crippen LogP contribution in [0.5, 0.6) is 0 Å². The van der Waals surface area contributed by atoms with Gasteiger partial charge in [0.15, 0.2) is 0 Å². The van der Waals surface area contributed by atoms with Crippen LogP contribution in [0.25, 0.3) is 0 Å². The summed E-state index contributed by atoms with van der Waals surface area (Å²) < 4.78 is 0. The zero-order chi connectivity index (χ0) is 11.0. The highest BCUT2D eigenvalue weighted by molar-refractivity contribution is 5.25. The van der Waals surface area contributed by atoms with E-state index in [2.05, 4.69) is 35.2 Å². The van der Waals surface area contributed by atoms with Gasteiger partial charge in [0.25, 0.3) is 0 Å². The van der Waals surface area contributed by atoms with Gasteiger partial charge in [-0.15, -0.1) is 0 Å². The molecule has 2 fully saturated rings. The van der Waals surface area contributed by atoms with Crippen molar-refractivity contribution in [3.8, 4) is 0 Å². The van der Waals surface area contributed by atoms with E-state index >= 15 is 0 Å². The predicted molar refractivity (Wildman–Crippen MR) is 66.1 cm³/mol. The lowest BCUT2D eigenvalue weighted by molar-refractivity contribution is 0.124. The lowest BCUT2D eigenvalue weighted by Gasteiger charge is -2.42. The number of rotatable bonds is 1. The van der Waals surface area contributed by atoms with Gasteiger partial charge >= 0.3 is 0 Å². The molecule has 2 aliphatic heterocycles. The third-order valence-electron chi connectivity index (χ3n) is 4.26. The monoisotopic (exact) mass is 216 g/mol. The van der Waals surface area contributed by atoms with Gasteiger partial charge in [-0.3, -0.25) is 4.90 Å². The van der Waals surface area contributed by atoms with Crippen LogP contribution in [0.1, 0.15) is 31.2 Å². The third-order valence-corrected chi connectivity index (χ3v) is 4.26. The average Bonchev–Trinajstić information content (AvgIpc) is 2.77. The SMILES string of the molecule is N[C@]1(c2ccccc2)CC[C@H]2CCCN2C1. The number of nitrogens with zero attached hydrogens (tertiary/aromatic N) is 1. The Morgan fingerprint density at radius 2 is 2.00 bits per heavy atom. The predicted octanol–water partition coefficient (Wildman–Crippen LogP) is 2.10. The molecular weight excluding hydrogens is 196 g/mol. The first-order valence-electron chi connectivity index (χ1n) is 6.36. The molecule has 2 saturated heterocycles. The van der Waals surface area contributed by atoms with Crippen LogP contribution in [0, 0.1) is 0 Å². The van der Waals surface area contributed by atoms with Crippen molar-refractivity contribution in [2.24, 2.45) is 5.73 Å². The minimum absolute atomic E-state index is 0.109. The first-order chi connectivity index (χ1) is 7.78. The fourth-order valence-corrected chi connectivity index (χ4v) is 3.30. The first kappa shape index (κ1) is 10.3. The molecule has 2 N–H and O–H groups in total. The molecule has 1 aromatic rings. The van der Waals surface area contributed by atoms with Crippen molar-refractivity contribution >= 4 is 0 Å². The van der Waals surface area contributed by atoms with Crippen LogP contribution in [0.4, 0.5) is 0 Å². The number of hydrogen-bond donors (Lipinski definition) is 1. The fraction of sp³-hybridized carbons (Fsp3) is 0.571. The molecule has 0 spiro atoms. The lowest BCUT2D eigenvalue weighted by Crippen LogP contribution is -2.53. The van der Waals surface area contributed by atoms with Gasteiger partial charge in [0, 0.05) is 12.6 Å². The molecule has 0 aromatic heterocycles. The van der Waals surface area contributed by atoms with E-state index in [0.717, 1.165) is 19.0 Å². The van der Waals surface area contributed by atoms with E-state index in [4.69, 9.17) is 5.73 Å². The molecule has 2 nitrogen and oxygen atoms in total. The Bertz CT molecular complexity index is 362. The summed E-state index contributed by atoms with van der Waals surface area (Å²) in [6, 6.07) is 11.4. The van der Waals surface area contributed by atoms with Crippen molar-refractivity contribution in [2.45, 2.75) is 37.3 Å². The Kier molecular flexibility index (Phi) is 2.49. The summed E-state index contributed by atoms with van der Waals surface area (Å²) in [6.07, 6.45) is 5.14. The molecule has 2 heterocycles. The molecule has 0 bridgehead atoms. The van der Waals surface area contributed by atoms with E-state index in [-0.39, 0.29) is 5.54 Å². The summed E-state index contributed by atoms with van der Waals surface area (Å²) in [7, 11) is 0. The summed E-state index contributed by atoms with van der Waals surface area (Å²) in [6.45, 7) is 2.29. The first-order valence-corrected chi connectivity index (χ1v) is 6.36. The van der Waals surface area contributed by atoms with Crippen LogP contribution in [0.2, 0.25) is 0 Å². The largest absolute Gasteiger partial charge is 0.320 e. The van der Waals surface area contributed by atoms with Gasteiger partial charge in [0.1, 0.15) is 0 Å². The topological polar surface area (TPSA) is 29.3 Å². The van der Waals surface area contributed by atoms with E-state index in [0.29, 0.717) is 0 Å². The Morgan fingerprint density at radius 1 is 1.19 bits per heavy atom. The van der Waals surface area contributed by atoms with Gasteiger partial charge in [-0.2, -0.15) is 0 Å². The highest BCUT2D eigenvalue weighted by Gasteiger charge is 2.39. The lowest BCUT2D eigenvalue weighted by atomic mass is 9.81. The second-order valence-electron chi connectivity index (χ2n) is 5.33. The maximum absolute atomic E-state index is 6.59. The molecule has 16 heavy (non-hydrogen) atoms. The second kappa shape index (κ2) is 3.86. The van der Waals surface area contributed by atoms with Crippen molar-refractivity contribution in [3.63, 3.8) is 0 Å². The smallest absolute Gasteiger partial charge is 0.0539 e. The fourth-order valence-electron chi connectivity index (χ4n) is 3.30. The van der Waals surface area contributed by atoms with Crippen LogP contribution in [0.15, 0.2) is 30.3 Å². The van der Waals surface area contributed by atoms with E-state index < -0.39 is 0 Å². The molecule has 0 radical (unpaired) electrons. The summed E-state index contributed by atoms with van der Waals surface area (Å²) in [5, 5.41) is 0. The van der Waals surface area contributed by atoms with Crippen molar-refractivity contribution in [2.75, 3.05) is 13.1 Å². The van der Waals surface area contributed by atoms with E-state index in [9.17, 15) is 0 Å². The molecular formula is C14H20N2. The summed E-state index contributed by atoms with van der Waals surface area (Å²) in [5.41, 5.74) is 7.79.